The average Bonchev–Trinajstić information content (AvgIpc) is 2.47. The van der Waals surface area contributed by atoms with E-state index in [0.717, 1.165) is 0 Å². The van der Waals surface area contributed by atoms with Gasteiger partial charge in [0.1, 0.15) is 18.3 Å². The number of hydrogen-bond donors (Lipinski definition) is 7. The fourth-order valence-electron chi connectivity index (χ4n) is 1.67. The maximum absolute atomic E-state index is 11.6. The Morgan fingerprint density at radius 3 is 2.09 bits per heavy atom. The monoisotopic (exact) mass is 325 g/mol. The molecule has 9 heteroatoms. The molecule has 9 nitrogen and oxygen atoms in total. The van der Waals surface area contributed by atoms with E-state index in [-0.39, 0.29) is 6.54 Å². The average molecular weight is 325 g/mol. The lowest BCUT2D eigenvalue weighted by Gasteiger charge is -2.32. The molecule has 0 spiro atoms. The van der Waals surface area contributed by atoms with Crippen LogP contribution in [0.25, 0.3) is 0 Å². The lowest BCUT2D eigenvalue weighted by atomic mass is 10.0. The van der Waals surface area contributed by atoms with Crippen LogP contribution in [0.5, 0.6) is 0 Å². The number of rotatable bonds is 10. The minimum Gasteiger partial charge on any atom is -0.394 e. The summed E-state index contributed by atoms with van der Waals surface area (Å²) in [5, 5.41) is 58.3. The van der Waals surface area contributed by atoms with Crippen molar-refractivity contribution in [3.8, 4) is 0 Å². The Labute approximate surface area is 130 Å². The van der Waals surface area contributed by atoms with Gasteiger partial charge in [-0.15, -0.1) is 0 Å². The van der Waals surface area contributed by atoms with Crippen molar-refractivity contribution in [3.05, 3.63) is 0 Å². The maximum atomic E-state index is 11.6. The first-order valence-corrected chi connectivity index (χ1v) is 7.16. The third kappa shape index (κ3) is 6.53. The zero-order chi connectivity index (χ0) is 17.5. The molecule has 0 aromatic carbocycles. The van der Waals surface area contributed by atoms with E-state index in [4.69, 9.17) is 10.2 Å². The molecule has 0 fully saturated rings. The third-order valence-electron chi connectivity index (χ3n) is 3.75. The lowest BCUT2D eigenvalue weighted by Crippen LogP contribution is -2.52. The van der Waals surface area contributed by atoms with Crippen molar-refractivity contribution < 1.29 is 39.9 Å². The highest BCUT2D eigenvalue weighted by Crippen LogP contribution is 2.06. The van der Waals surface area contributed by atoms with E-state index in [1.54, 1.807) is 6.92 Å². The third-order valence-corrected chi connectivity index (χ3v) is 3.75. The molecule has 132 valence electrons. The number of hydrogen-bond acceptors (Lipinski definition) is 7. The molecular weight excluding hydrogens is 296 g/mol. The van der Waals surface area contributed by atoms with Gasteiger partial charge >= 0.3 is 0 Å². The molecule has 0 heterocycles. The smallest absolute Gasteiger partial charge is 0.251 e. The molecule has 1 unspecified atom stereocenters. The first-order valence-electron chi connectivity index (χ1n) is 7.16. The van der Waals surface area contributed by atoms with Gasteiger partial charge in [0.25, 0.3) is 5.91 Å². The number of carbonyl (C=O) groups excluding carboxylic acids is 1. The molecular formula is C13H29N2O7+. The van der Waals surface area contributed by atoms with Crippen LogP contribution in [0.4, 0.5) is 0 Å². The minimum atomic E-state index is -1.92. The second kappa shape index (κ2) is 9.36. The molecule has 0 rings (SSSR count). The van der Waals surface area contributed by atoms with Crippen LogP contribution in [-0.2, 0) is 4.79 Å². The van der Waals surface area contributed by atoms with Crippen LogP contribution in [0.2, 0.25) is 0 Å². The first kappa shape index (κ1) is 21.2. The molecule has 0 bridgehead atoms. The summed E-state index contributed by atoms with van der Waals surface area (Å²) in [5.41, 5.74) is 0. The second-order valence-corrected chi connectivity index (χ2v) is 5.95. The van der Waals surface area contributed by atoms with Crippen molar-refractivity contribution in [3.63, 3.8) is 0 Å². The lowest BCUT2D eigenvalue weighted by molar-refractivity contribution is -0.934. The number of aliphatic hydroxyl groups excluding tert-OH is 6. The van der Waals surface area contributed by atoms with E-state index in [1.165, 1.54) is 0 Å². The normalized spacial score (nSPS) is 19.1. The van der Waals surface area contributed by atoms with Crippen molar-refractivity contribution in [1.82, 2.24) is 5.32 Å². The summed E-state index contributed by atoms with van der Waals surface area (Å²) < 4.78 is 0.350. The highest BCUT2D eigenvalue weighted by Gasteiger charge is 2.34. The van der Waals surface area contributed by atoms with Crippen molar-refractivity contribution in [2.75, 3.05) is 33.8 Å². The summed E-state index contributed by atoms with van der Waals surface area (Å²) in [7, 11) is 3.66. The van der Waals surface area contributed by atoms with Gasteiger partial charge in [0.15, 0.2) is 12.3 Å². The van der Waals surface area contributed by atoms with Gasteiger partial charge in [-0.1, -0.05) is 0 Å². The molecule has 0 radical (unpaired) electrons. The molecule has 0 aliphatic heterocycles. The predicted molar refractivity (Wildman–Crippen MR) is 77.4 cm³/mol. The summed E-state index contributed by atoms with van der Waals surface area (Å²) in [6.07, 6.45) is -7.34. The molecule has 22 heavy (non-hydrogen) atoms. The molecule has 0 aliphatic rings. The summed E-state index contributed by atoms with van der Waals surface area (Å²) in [6.45, 7) is 1.66. The topological polar surface area (TPSA) is 150 Å². The van der Waals surface area contributed by atoms with Gasteiger partial charge in [0.05, 0.1) is 27.2 Å². The van der Waals surface area contributed by atoms with E-state index in [9.17, 15) is 25.2 Å². The number of carbonyl (C=O) groups is 1. The summed E-state index contributed by atoms with van der Waals surface area (Å²) in [6, 6.07) is 0. The minimum absolute atomic E-state index is 0.218. The van der Waals surface area contributed by atoms with Gasteiger partial charge in [-0.2, -0.15) is 0 Å². The molecule has 0 saturated heterocycles. The Morgan fingerprint density at radius 1 is 1.09 bits per heavy atom. The number of nitrogens with zero attached hydrogens (tertiary/aromatic N) is 1. The quantitative estimate of drug-likeness (QED) is 0.124. The Bertz CT molecular complexity index is 338. The Balaban J connectivity index is 4.22. The van der Waals surface area contributed by atoms with E-state index in [1.807, 2.05) is 14.1 Å². The van der Waals surface area contributed by atoms with Gasteiger partial charge in [0, 0.05) is 19.9 Å². The van der Waals surface area contributed by atoms with Crippen LogP contribution >= 0.6 is 0 Å². The number of aliphatic hydroxyl groups is 6. The Hall–Kier alpha value is -0.810. The maximum Gasteiger partial charge on any atom is 0.251 e. The van der Waals surface area contributed by atoms with E-state index in [2.05, 4.69) is 5.32 Å². The van der Waals surface area contributed by atoms with Crippen molar-refractivity contribution in [2.24, 2.45) is 0 Å². The number of quaternary nitrogens is 1. The standard InChI is InChI=1S/C13H28N2O7/c1-8(17)15(2,3)6-4-5-14-13(22)12(21)11(20)10(19)9(18)7-16/h8-12,16-21H,4-7H2,1-3H3/p+1/t8?,9-,10-,11+,12-/m1/s1. The summed E-state index contributed by atoms with van der Waals surface area (Å²) in [4.78, 5) is 11.6. The molecule has 0 saturated carbocycles. The van der Waals surface area contributed by atoms with E-state index < -0.39 is 43.2 Å². The van der Waals surface area contributed by atoms with Crippen LogP contribution < -0.4 is 5.32 Å². The molecule has 5 atom stereocenters. The Morgan fingerprint density at radius 2 is 1.64 bits per heavy atom. The van der Waals surface area contributed by atoms with Gasteiger partial charge in [-0.05, 0) is 0 Å². The second-order valence-electron chi connectivity index (χ2n) is 5.95. The van der Waals surface area contributed by atoms with Crippen LogP contribution in [0.1, 0.15) is 13.3 Å². The van der Waals surface area contributed by atoms with E-state index in [0.29, 0.717) is 17.4 Å². The highest BCUT2D eigenvalue weighted by molar-refractivity contribution is 5.81. The SMILES string of the molecule is CC(O)[N+](C)(C)CCCNC(=O)[C@H](O)[C@@H](O)[C@H](O)[C@H](O)CO. The van der Waals surface area contributed by atoms with Gasteiger partial charge < -0.3 is 40.4 Å². The van der Waals surface area contributed by atoms with Crippen LogP contribution in [0.3, 0.4) is 0 Å². The van der Waals surface area contributed by atoms with Crippen molar-refractivity contribution in [1.29, 1.82) is 0 Å². The van der Waals surface area contributed by atoms with Crippen molar-refractivity contribution in [2.45, 2.75) is 44.0 Å². The first-order chi connectivity index (χ1) is 10.0. The number of amides is 1. The van der Waals surface area contributed by atoms with Crippen LogP contribution in [0, 0.1) is 0 Å². The zero-order valence-corrected chi connectivity index (χ0v) is 13.3. The summed E-state index contributed by atoms with van der Waals surface area (Å²) in [5.74, 6) is -0.890. The van der Waals surface area contributed by atoms with E-state index >= 15 is 0 Å². The fraction of sp³-hybridized carbons (Fsp3) is 0.923. The summed E-state index contributed by atoms with van der Waals surface area (Å²) >= 11 is 0. The number of nitrogens with one attached hydrogen (secondary N) is 1. The molecule has 7 N–H and O–H groups in total. The molecule has 0 aromatic heterocycles. The van der Waals surface area contributed by atoms with Crippen LogP contribution in [0.15, 0.2) is 0 Å². The van der Waals surface area contributed by atoms with Crippen LogP contribution in [-0.4, -0.2) is 105 Å². The molecule has 1 amide bonds. The molecule has 0 aliphatic carbocycles. The highest BCUT2D eigenvalue weighted by atomic mass is 16.4. The van der Waals surface area contributed by atoms with Crippen molar-refractivity contribution >= 4 is 5.91 Å². The molecule has 0 aromatic rings. The predicted octanol–water partition coefficient (Wildman–Crippen LogP) is -3.66. The largest absolute Gasteiger partial charge is 0.394 e. The Kier molecular flexibility index (Phi) is 9.01. The zero-order valence-electron chi connectivity index (χ0n) is 13.3. The van der Waals surface area contributed by atoms with Gasteiger partial charge in [0.2, 0.25) is 0 Å². The van der Waals surface area contributed by atoms with Gasteiger partial charge in [-0.3, -0.25) is 4.79 Å². The van der Waals surface area contributed by atoms with Gasteiger partial charge in [-0.25, -0.2) is 0 Å². The fourth-order valence-corrected chi connectivity index (χ4v) is 1.67.